The van der Waals surface area contributed by atoms with E-state index in [1.165, 1.54) is 31.3 Å². The van der Waals surface area contributed by atoms with Gasteiger partial charge in [0, 0.05) is 11.5 Å². The molecule has 1 aromatic heterocycles. The van der Waals surface area contributed by atoms with Crippen molar-refractivity contribution < 1.29 is 26.4 Å². The van der Waals surface area contributed by atoms with E-state index in [1.807, 2.05) is 0 Å². The normalized spacial score (nSPS) is 12.4. The molecule has 0 fully saturated rings. The Balaban J connectivity index is 2.04. The summed E-state index contributed by atoms with van der Waals surface area (Å²) >= 11 is 3.33. The van der Waals surface area contributed by atoms with Crippen molar-refractivity contribution in [2.75, 3.05) is 18.9 Å². The van der Waals surface area contributed by atoms with Crippen molar-refractivity contribution in [1.82, 2.24) is 14.5 Å². The zero-order valence-corrected chi connectivity index (χ0v) is 15.6. The molecular weight excluding hydrogens is 449 g/mol. The molecule has 0 unspecified atom stereocenters. The van der Waals surface area contributed by atoms with Gasteiger partial charge in [-0.25, -0.2) is 8.42 Å². The molecule has 0 aliphatic heterocycles. The number of likely N-dealkylation sites (N-methyl/N-ethyl adjacent to an activating group) is 1. The lowest BCUT2D eigenvalue weighted by Gasteiger charge is -2.16. The number of carbonyl (C=O) groups excluding carboxylic acids is 1. The van der Waals surface area contributed by atoms with Gasteiger partial charge in [0.25, 0.3) is 0 Å². The highest BCUT2D eigenvalue weighted by atomic mass is 79.9. The van der Waals surface area contributed by atoms with E-state index in [1.54, 1.807) is 0 Å². The number of benzene rings is 1. The Kier molecular flexibility index (Phi) is 5.81. The van der Waals surface area contributed by atoms with Gasteiger partial charge in [0.1, 0.15) is 0 Å². The van der Waals surface area contributed by atoms with E-state index in [-0.39, 0.29) is 21.4 Å². The standard InChI is InChI=1S/C12H10BrF3N4O3S2/c1-20(25(22,23)8-4-2-7(13)3-5-8)6-9(21)17-11-19-18-10(24-11)12(14,15)16/h2-5H,6H2,1H3,(H,17,19,21). The molecule has 2 aromatic rings. The number of nitrogens with one attached hydrogen (secondary N) is 1. The van der Waals surface area contributed by atoms with Crippen molar-refractivity contribution in [3.63, 3.8) is 0 Å². The van der Waals surface area contributed by atoms with Crippen LogP contribution in [0.4, 0.5) is 18.3 Å². The van der Waals surface area contributed by atoms with E-state index in [4.69, 9.17) is 0 Å². The fourth-order valence-corrected chi connectivity index (χ4v) is 3.64. The number of anilines is 1. The van der Waals surface area contributed by atoms with E-state index in [2.05, 4.69) is 31.4 Å². The average Bonchev–Trinajstić information content (AvgIpc) is 2.96. The summed E-state index contributed by atoms with van der Waals surface area (Å²) in [7, 11) is -2.74. The second-order valence-electron chi connectivity index (χ2n) is 4.67. The van der Waals surface area contributed by atoms with E-state index in [0.717, 1.165) is 4.31 Å². The van der Waals surface area contributed by atoms with Crippen LogP contribution in [-0.4, -0.2) is 42.4 Å². The molecule has 1 amide bonds. The fraction of sp³-hybridized carbons (Fsp3) is 0.250. The second kappa shape index (κ2) is 7.35. The quantitative estimate of drug-likeness (QED) is 0.743. The summed E-state index contributed by atoms with van der Waals surface area (Å²) in [6, 6.07) is 5.77. The van der Waals surface area contributed by atoms with Crippen molar-refractivity contribution in [2.45, 2.75) is 11.1 Å². The van der Waals surface area contributed by atoms with Gasteiger partial charge < -0.3 is 0 Å². The van der Waals surface area contributed by atoms with Gasteiger partial charge in [-0.05, 0) is 24.3 Å². The molecule has 0 saturated heterocycles. The van der Waals surface area contributed by atoms with E-state index in [9.17, 15) is 26.4 Å². The number of hydrogen-bond donors (Lipinski definition) is 1. The third-order valence-corrected chi connectivity index (χ3v) is 6.03. The molecule has 0 radical (unpaired) electrons. The molecule has 0 aliphatic rings. The summed E-state index contributed by atoms with van der Waals surface area (Å²) in [6.45, 7) is -0.598. The van der Waals surface area contributed by atoms with Gasteiger partial charge in [0.2, 0.25) is 26.1 Å². The first kappa shape index (κ1) is 19.8. The van der Waals surface area contributed by atoms with Crippen LogP contribution in [0.25, 0.3) is 0 Å². The Hall–Kier alpha value is -1.57. The zero-order valence-electron chi connectivity index (χ0n) is 12.4. The Morgan fingerprint density at radius 1 is 1.28 bits per heavy atom. The lowest BCUT2D eigenvalue weighted by atomic mass is 10.4. The first-order chi connectivity index (χ1) is 11.5. The highest BCUT2D eigenvalue weighted by Gasteiger charge is 2.36. The predicted octanol–water partition coefficient (Wildman–Crippen LogP) is 2.58. The number of amides is 1. The van der Waals surface area contributed by atoms with E-state index in [0.29, 0.717) is 4.47 Å². The van der Waals surface area contributed by atoms with Crippen LogP contribution < -0.4 is 5.32 Å². The highest BCUT2D eigenvalue weighted by molar-refractivity contribution is 9.10. The summed E-state index contributed by atoms with van der Waals surface area (Å²) in [4.78, 5) is 11.8. The minimum absolute atomic E-state index is 0.0266. The zero-order chi connectivity index (χ0) is 18.8. The summed E-state index contributed by atoms with van der Waals surface area (Å²) in [5, 5.41) is 6.63. The Bertz CT molecular complexity index is 868. The van der Waals surface area contributed by atoms with Crippen molar-refractivity contribution in [1.29, 1.82) is 0 Å². The van der Waals surface area contributed by atoms with Crippen LogP contribution >= 0.6 is 27.3 Å². The highest BCUT2D eigenvalue weighted by Crippen LogP contribution is 2.32. The maximum Gasteiger partial charge on any atom is 0.445 e. The van der Waals surface area contributed by atoms with Crippen LogP contribution in [0.5, 0.6) is 0 Å². The SMILES string of the molecule is CN(CC(=O)Nc1nnc(C(F)(F)F)s1)S(=O)(=O)c1ccc(Br)cc1. The molecule has 7 nitrogen and oxygen atoms in total. The number of carbonyl (C=O) groups is 1. The third-order valence-electron chi connectivity index (χ3n) is 2.80. The maximum absolute atomic E-state index is 12.4. The van der Waals surface area contributed by atoms with Crippen molar-refractivity contribution in [3.8, 4) is 0 Å². The number of rotatable bonds is 5. The van der Waals surface area contributed by atoms with Crippen LogP contribution in [0, 0.1) is 0 Å². The minimum atomic E-state index is -4.66. The summed E-state index contributed by atoms with van der Waals surface area (Å²) in [6.07, 6.45) is -4.66. The van der Waals surface area contributed by atoms with Gasteiger partial charge in [-0.3, -0.25) is 10.1 Å². The molecule has 13 heteroatoms. The van der Waals surface area contributed by atoms with Crippen molar-refractivity contribution in [3.05, 3.63) is 33.7 Å². The van der Waals surface area contributed by atoms with Gasteiger partial charge in [0.15, 0.2) is 0 Å². The monoisotopic (exact) mass is 458 g/mol. The summed E-state index contributed by atoms with van der Waals surface area (Å²) in [5.74, 6) is -0.840. The van der Waals surface area contributed by atoms with Gasteiger partial charge >= 0.3 is 6.18 Å². The fourth-order valence-electron chi connectivity index (χ4n) is 1.62. The molecule has 2 rings (SSSR count). The molecule has 0 spiro atoms. The summed E-state index contributed by atoms with van der Waals surface area (Å²) in [5.41, 5.74) is 0. The van der Waals surface area contributed by atoms with E-state index < -0.39 is 33.7 Å². The molecule has 1 N–H and O–H groups in total. The topological polar surface area (TPSA) is 92.3 Å². The van der Waals surface area contributed by atoms with Gasteiger partial charge in [-0.1, -0.05) is 27.3 Å². The lowest BCUT2D eigenvalue weighted by Crippen LogP contribution is -2.34. The molecule has 1 heterocycles. The molecule has 0 bridgehead atoms. The van der Waals surface area contributed by atoms with Gasteiger partial charge in [-0.2, -0.15) is 17.5 Å². The number of sulfonamides is 1. The largest absolute Gasteiger partial charge is 0.445 e. The number of nitrogens with zero attached hydrogens (tertiary/aromatic N) is 3. The van der Waals surface area contributed by atoms with Crippen molar-refractivity contribution in [2.24, 2.45) is 0 Å². The van der Waals surface area contributed by atoms with E-state index >= 15 is 0 Å². The lowest BCUT2D eigenvalue weighted by molar-refractivity contribution is -0.138. The molecule has 0 aliphatic carbocycles. The number of halogens is 4. The maximum atomic E-state index is 12.4. The van der Waals surface area contributed by atoms with Crippen LogP contribution in [0.15, 0.2) is 33.6 Å². The van der Waals surface area contributed by atoms with Gasteiger partial charge in [-0.15, -0.1) is 10.2 Å². The number of hydrogen-bond acceptors (Lipinski definition) is 6. The molecule has 25 heavy (non-hydrogen) atoms. The van der Waals surface area contributed by atoms with Crippen LogP contribution in [0.3, 0.4) is 0 Å². The summed E-state index contributed by atoms with van der Waals surface area (Å²) < 4.78 is 63.4. The van der Waals surface area contributed by atoms with Gasteiger partial charge in [0.05, 0.1) is 11.4 Å². The van der Waals surface area contributed by atoms with Crippen LogP contribution in [0.2, 0.25) is 0 Å². The molecule has 0 atom stereocenters. The van der Waals surface area contributed by atoms with Crippen LogP contribution in [0.1, 0.15) is 5.01 Å². The Morgan fingerprint density at radius 3 is 2.40 bits per heavy atom. The molecule has 1 aromatic carbocycles. The molecule has 136 valence electrons. The van der Waals surface area contributed by atoms with Crippen LogP contribution in [-0.2, 0) is 21.0 Å². The number of alkyl halides is 3. The average molecular weight is 459 g/mol. The first-order valence-electron chi connectivity index (χ1n) is 6.42. The number of aromatic nitrogens is 2. The first-order valence-corrected chi connectivity index (χ1v) is 9.47. The van der Waals surface area contributed by atoms with Crippen molar-refractivity contribution >= 4 is 48.3 Å². The molecule has 0 saturated carbocycles. The smallest absolute Gasteiger partial charge is 0.299 e. The predicted molar refractivity (Wildman–Crippen MR) is 87.5 cm³/mol. The third kappa shape index (κ3) is 4.96. The second-order valence-corrected chi connectivity index (χ2v) is 8.61. The minimum Gasteiger partial charge on any atom is -0.299 e. The Labute approximate surface area is 153 Å². The molecular formula is C12H10BrF3N4O3S2. The Morgan fingerprint density at radius 2 is 1.88 bits per heavy atom.